The average molecular weight is 265 g/mol. The van der Waals surface area contributed by atoms with E-state index in [2.05, 4.69) is 4.98 Å². The second-order valence-corrected chi connectivity index (χ2v) is 5.68. The lowest BCUT2D eigenvalue weighted by Crippen LogP contribution is -2.23. The van der Waals surface area contributed by atoms with E-state index in [1.807, 2.05) is 32.9 Å². The molecule has 0 aromatic carbocycles. The molecule has 1 rings (SSSR count). The second-order valence-electron chi connectivity index (χ2n) is 5.68. The molecule has 0 unspecified atom stereocenters. The summed E-state index contributed by atoms with van der Waals surface area (Å²) in [6.07, 6.45) is 5.09. The van der Waals surface area contributed by atoms with E-state index in [0.717, 1.165) is 18.4 Å². The molecule has 0 bridgehead atoms. The van der Waals surface area contributed by atoms with Crippen LogP contribution in [0.25, 0.3) is 0 Å². The minimum Gasteiger partial charge on any atom is -0.465 e. The lowest BCUT2D eigenvalue weighted by atomic mass is 9.97. The first-order chi connectivity index (χ1) is 8.91. The molecule has 0 saturated heterocycles. The number of aromatic nitrogens is 1. The zero-order valence-corrected chi connectivity index (χ0v) is 11.9. The summed E-state index contributed by atoms with van der Waals surface area (Å²) in [7, 11) is 0. The number of aliphatic hydroxyl groups excluding tert-OH is 1. The van der Waals surface area contributed by atoms with Crippen LogP contribution in [-0.4, -0.2) is 22.7 Å². The normalized spacial score (nSPS) is 13.1. The Balaban J connectivity index is 2.16. The third kappa shape index (κ3) is 5.83. The molecule has 0 amide bonds. The van der Waals surface area contributed by atoms with E-state index < -0.39 is 11.5 Å². The highest BCUT2D eigenvalue weighted by Crippen LogP contribution is 2.18. The number of hydrogen-bond donors (Lipinski definition) is 1. The highest BCUT2D eigenvalue weighted by Gasteiger charge is 2.22. The van der Waals surface area contributed by atoms with Gasteiger partial charge in [-0.15, -0.1) is 0 Å². The van der Waals surface area contributed by atoms with Crippen molar-refractivity contribution >= 4 is 5.97 Å². The Morgan fingerprint density at radius 2 is 2.16 bits per heavy atom. The van der Waals surface area contributed by atoms with Crippen LogP contribution in [0.15, 0.2) is 24.5 Å². The Morgan fingerprint density at radius 3 is 2.74 bits per heavy atom. The molecule has 1 atom stereocenters. The number of rotatable bonds is 6. The summed E-state index contributed by atoms with van der Waals surface area (Å²) in [5, 5.41) is 9.91. The minimum absolute atomic E-state index is 0.180. The molecule has 0 radical (unpaired) electrons. The molecule has 1 N–H and O–H groups in total. The molecule has 0 aliphatic carbocycles. The third-order valence-corrected chi connectivity index (χ3v) is 2.79. The summed E-state index contributed by atoms with van der Waals surface area (Å²) >= 11 is 0. The Bertz CT molecular complexity index is 384. The van der Waals surface area contributed by atoms with Crippen LogP contribution in [0.5, 0.6) is 0 Å². The van der Waals surface area contributed by atoms with Crippen molar-refractivity contribution in [3.63, 3.8) is 0 Å². The summed E-state index contributed by atoms with van der Waals surface area (Å²) in [5.41, 5.74) is 0.379. The van der Waals surface area contributed by atoms with Gasteiger partial charge in [-0.1, -0.05) is 6.07 Å². The van der Waals surface area contributed by atoms with Gasteiger partial charge in [-0.25, -0.2) is 0 Å². The highest BCUT2D eigenvalue weighted by atomic mass is 16.5. The average Bonchev–Trinajstić information content (AvgIpc) is 2.37. The van der Waals surface area contributed by atoms with Crippen molar-refractivity contribution in [3.8, 4) is 0 Å². The number of ether oxygens (including phenoxy) is 1. The lowest BCUT2D eigenvalue weighted by molar-refractivity contribution is -0.153. The summed E-state index contributed by atoms with van der Waals surface area (Å²) in [6.45, 7) is 5.92. The van der Waals surface area contributed by atoms with Crippen LogP contribution >= 0.6 is 0 Å². The van der Waals surface area contributed by atoms with Gasteiger partial charge in [0.25, 0.3) is 0 Å². The molecule has 1 heterocycles. The van der Waals surface area contributed by atoms with Crippen molar-refractivity contribution in [1.29, 1.82) is 0 Å². The van der Waals surface area contributed by atoms with Crippen molar-refractivity contribution in [1.82, 2.24) is 4.98 Å². The quantitative estimate of drug-likeness (QED) is 0.634. The summed E-state index contributed by atoms with van der Waals surface area (Å²) in [5.74, 6) is -0.180. The monoisotopic (exact) mass is 265 g/mol. The number of aliphatic hydroxyl groups is 1. The number of esters is 1. The predicted octanol–water partition coefficient (Wildman–Crippen LogP) is 2.87. The first-order valence-electron chi connectivity index (χ1n) is 6.66. The number of pyridine rings is 1. The Hall–Kier alpha value is -1.42. The van der Waals surface area contributed by atoms with Crippen molar-refractivity contribution in [2.75, 3.05) is 6.61 Å². The summed E-state index contributed by atoms with van der Waals surface area (Å²) < 4.78 is 5.16. The van der Waals surface area contributed by atoms with Crippen LogP contribution in [0.3, 0.4) is 0 Å². The molecular formula is C15H23NO3. The van der Waals surface area contributed by atoms with Gasteiger partial charge >= 0.3 is 5.97 Å². The van der Waals surface area contributed by atoms with Gasteiger partial charge in [-0.3, -0.25) is 9.78 Å². The molecule has 19 heavy (non-hydrogen) atoms. The second kappa shape index (κ2) is 7.24. The van der Waals surface area contributed by atoms with E-state index in [-0.39, 0.29) is 5.97 Å². The largest absolute Gasteiger partial charge is 0.465 e. The maximum Gasteiger partial charge on any atom is 0.311 e. The van der Waals surface area contributed by atoms with E-state index in [4.69, 9.17) is 4.74 Å². The molecule has 0 aliphatic rings. The zero-order valence-electron chi connectivity index (χ0n) is 11.9. The van der Waals surface area contributed by atoms with Crippen LogP contribution in [0, 0.1) is 5.41 Å². The zero-order chi connectivity index (χ0) is 14.3. The van der Waals surface area contributed by atoms with Gasteiger partial charge in [0.1, 0.15) is 0 Å². The summed E-state index contributed by atoms with van der Waals surface area (Å²) in [6, 6.07) is 3.67. The molecule has 0 saturated carbocycles. The lowest BCUT2D eigenvalue weighted by Gasteiger charge is -2.16. The van der Waals surface area contributed by atoms with E-state index in [0.29, 0.717) is 13.0 Å². The number of hydrogen-bond acceptors (Lipinski definition) is 4. The van der Waals surface area contributed by atoms with Gasteiger partial charge in [0.15, 0.2) is 0 Å². The molecule has 0 fully saturated rings. The molecule has 4 heteroatoms. The molecule has 0 spiro atoms. The first-order valence-corrected chi connectivity index (χ1v) is 6.66. The van der Waals surface area contributed by atoms with Gasteiger partial charge in [0.2, 0.25) is 0 Å². The number of nitrogens with zero attached hydrogens (tertiary/aromatic N) is 1. The smallest absolute Gasteiger partial charge is 0.311 e. The fourth-order valence-corrected chi connectivity index (χ4v) is 1.56. The third-order valence-electron chi connectivity index (χ3n) is 2.79. The van der Waals surface area contributed by atoms with Crippen molar-refractivity contribution in [2.24, 2.45) is 5.41 Å². The van der Waals surface area contributed by atoms with Crippen molar-refractivity contribution in [2.45, 2.75) is 46.1 Å². The van der Waals surface area contributed by atoms with Crippen LogP contribution in [-0.2, 0) is 9.53 Å². The summed E-state index contributed by atoms with van der Waals surface area (Å²) in [4.78, 5) is 15.5. The fraction of sp³-hybridized carbons (Fsp3) is 0.600. The Morgan fingerprint density at radius 1 is 1.42 bits per heavy atom. The van der Waals surface area contributed by atoms with Crippen molar-refractivity contribution < 1.29 is 14.6 Å². The van der Waals surface area contributed by atoms with E-state index in [1.54, 1.807) is 12.4 Å². The van der Waals surface area contributed by atoms with Crippen molar-refractivity contribution in [3.05, 3.63) is 30.1 Å². The number of unbranched alkanes of at least 4 members (excludes halogenated alkanes) is 1. The predicted molar refractivity (Wildman–Crippen MR) is 73.5 cm³/mol. The van der Waals surface area contributed by atoms with E-state index >= 15 is 0 Å². The maximum atomic E-state index is 11.5. The Labute approximate surface area is 114 Å². The van der Waals surface area contributed by atoms with E-state index in [9.17, 15) is 9.90 Å². The van der Waals surface area contributed by atoms with Gasteiger partial charge < -0.3 is 9.84 Å². The molecule has 1 aromatic heterocycles. The van der Waals surface area contributed by atoms with Crippen LogP contribution in [0.2, 0.25) is 0 Å². The SMILES string of the molecule is CC(C)(C)C(=O)OCCCC[C@H](O)c1cccnc1. The van der Waals surface area contributed by atoms with Crippen LogP contribution in [0.1, 0.15) is 51.7 Å². The minimum atomic E-state index is -0.494. The molecule has 106 valence electrons. The number of carbonyl (C=O) groups excluding carboxylic acids is 1. The van der Waals surface area contributed by atoms with E-state index in [1.165, 1.54) is 0 Å². The number of carbonyl (C=O) groups is 1. The maximum absolute atomic E-state index is 11.5. The fourth-order valence-electron chi connectivity index (χ4n) is 1.56. The standard InChI is InChI=1S/C15H23NO3/c1-15(2,3)14(18)19-10-5-4-8-13(17)12-7-6-9-16-11-12/h6-7,9,11,13,17H,4-5,8,10H2,1-3H3/t13-/m0/s1. The Kier molecular flexibility index (Phi) is 5.96. The van der Waals surface area contributed by atoms with Gasteiger partial charge in [0, 0.05) is 12.4 Å². The highest BCUT2D eigenvalue weighted by molar-refractivity contribution is 5.75. The molecule has 0 aliphatic heterocycles. The van der Waals surface area contributed by atoms with Crippen LogP contribution < -0.4 is 0 Å². The van der Waals surface area contributed by atoms with Gasteiger partial charge in [-0.05, 0) is 51.7 Å². The first kappa shape index (κ1) is 15.6. The molecule has 4 nitrogen and oxygen atoms in total. The molecular weight excluding hydrogens is 242 g/mol. The molecule has 1 aromatic rings. The van der Waals surface area contributed by atoms with Gasteiger partial charge in [-0.2, -0.15) is 0 Å². The van der Waals surface area contributed by atoms with Gasteiger partial charge in [0.05, 0.1) is 18.1 Å². The topological polar surface area (TPSA) is 59.4 Å². The van der Waals surface area contributed by atoms with Crippen LogP contribution in [0.4, 0.5) is 0 Å².